The first kappa shape index (κ1) is 11.9. The number of methoxy groups -OCH3 is 1. The third-order valence-corrected chi connectivity index (χ3v) is 3.39. The average molecular weight is 231 g/mol. The Hall–Kier alpha value is -1.61. The lowest BCUT2D eigenvalue weighted by atomic mass is 9.78. The monoisotopic (exact) mass is 231 g/mol. The van der Waals surface area contributed by atoms with Gasteiger partial charge >= 0.3 is 0 Å². The Balaban J connectivity index is 2.40. The highest BCUT2D eigenvalue weighted by Gasteiger charge is 2.37. The second-order valence-electron chi connectivity index (χ2n) is 4.19. The Morgan fingerprint density at radius 2 is 2.00 bits per heavy atom. The maximum atomic E-state index is 12.1. The molecule has 0 saturated heterocycles. The molecule has 1 N–H and O–H groups in total. The first-order valence-electron chi connectivity index (χ1n) is 5.77. The minimum atomic E-state index is -0.568. The van der Waals surface area contributed by atoms with Crippen LogP contribution in [0.1, 0.15) is 18.4 Å². The molecule has 1 aromatic rings. The predicted octanol–water partition coefficient (Wildman–Crippen LogP) is 2.03. The van der Waals surface area contributed by atoms with Crippen molar-refractivity contribution in [2.45, 2.75) is 18.4 Å². The topological polar surface area (TPSA) is 38.3 Å². The molecular formula is C14H17NO2. The summed E-state index contributed by atoms with van der Waals surface area (Å²) in [6.07, 6.45) is 5.31. The Morgan fingerprint density at radius 1 is 1.29 bits per heavy atom. The molecule has 90 valence electrons. The number of likely N-dealkylation sites (N-methyl/N-ethyl adjacent to an activating group) is 1. The maximum absolute atomic E-state index is 12.1. The first-order valence-corrected chi connectivity index (χ1v) is 5.77. The lowest BCUT2D eigenvalue weighted by Gasteiger charge is -2.33. The van der Waals surface area contributed by atoms with E-state index in [2.05, 4.69) is 5.32 Å². The summed E-state index contributed by atoms with van der Waals surface area (Å²) < 4.78 is 5.13. The molecule has 0 heterocycles. The Bertz CT molecular complexity index is 436. The van der Waals surface area contributed by atoms with Crippen molar-refractivity contribution in [3.05, 3.63) is 42.0 Å². The van der Waals surface area contributed by atoms with Gasteiger partial charge in [0.1, 0.15) is 11.3 Å². The molecule has 1 aromatic carbocycles. The van der Waals surface area contributed by atoms with Crippen molar-refractivity contribution in [2.75, 3.05) is 14.2 Å². The van der Waals surface area contributed by atoms with Crippen LogP contribution in [0.4, 0.5) is 0 Å². The van der Waals surface area contributed by atoms with Gasteiger partial charge in [-0.15, -0.1) is 0 Å². The fourth-order valence-corrected chi connectivity index (χ4v) is 2.31. The minimum absolute atomic E-state index is 0.122. The summed E-state index contributed by atoms with van der Waals surface area (Å²) in [6, 6.07) is 7.68. The summed E-state index contributed by atoms with van der Waals surface area (Å²) in [5, 5.41) is 3.18. The van der Waals surface area contributed by atoms with Gasteiger partial charge in [-0.25, -0.2) is 0 Å². The molecule has 1 aliphatic rings. The molecular weight excluding hydrogens is 214 g/mol. The SMILES string of the molecule is CN[C@]1(c2ccc(OC)cc2)CCC=CC1=O. The molecule has 0 aliphatic heterocycles. The summed E-state index contributed by atoms with van der Waals surface area (Å²) in [5.41, 5.74) is 0.427. The van der Waals surface area contributed by atoms with Crippen LogP contribution < -0.4 is 10.1 Å². The number of benzene rings is 1. The van der Waals surface area contributed by atoms with Crippen LogP contribution in [0, 0.1) is 0 Å². The zero-order valence-corrected chi connectivity index (χ0v) is 10.2. The van der Waals surface area contributed by atoms with Crippen molar-refractivity contribution >= 4 is 5.78 Å². The number of ether oxygens (including phenoxy) is 1. The number of carbonyl (C=O) groups excluding carboxylic acids is 1. The largest absolute Gasteiger partial charge is 0.497 e. The van der Waals surface area contributed by atoms with Gasteiger partial charge < -0.3 is 10.1 Å². The number of rotatable bonds is 3. The average Bonchev–Trinajstić information content (AvgIpc) is 2.40. The number of carbonyl (C=O) groups is 1. The summed E-state index contributed by atoms with van der Waals surface area (Å²) >= 11 is 0. The van der Waals surface area contributed by atoms with Gasteiger partial charge in [0.25, 0.3) is 0 Å². The number of hydrogen-bond acceptors (Lipinski definition) is 3. The number of nitrogens with one attached hydrogen (secondary N) is 1. The zero-order valence-electron chi connectivity index (χ0n) is 10.2. The van der Waals surface area contributed by atoms with Gasteiger partial charge in [-0.3, -0.25) is 4.79 Å². The van der Waals surface area contributed by atoms with Crippen LogP contribution in [0.15, 0.2) is 36.4 Å². The van der Waals surface area contributed by atoms with E-state index in [0.717, 1.165) is 24.2 Å². The maximum Gasteiger partial charge on any atom is 0.179 e. The first-order chi connectivity index (χ1) is 8.23. The molecule has 3 heteroatoms. The zero-order chi connectivity index (χ0) is 12.3. The van der Waals surface area contributed by atoms with Crippen LogP contribution in [0.3, 0.4) is 0 Å². The molecule has 0 bridgehead atoms. The summed E-state index contributed by atoms with van der Waals surface area (Å²) in [7, 11) is 3.47. The van der Waals surface area contributed by atoms with Crippen LogP contribution in [-0.2, 0) is 10.3 Å². The smallest absolute Gasteiger partial charge is 0.179 e. The van der Waals surface area contributed by atoms with Crippen LogP contribution in [-0.4, -0.2) is 19.9 Å². The lowest BCUT2D eigenvalue weighted by Crippen LogP contribution is -2.47. The van der Waals surface area contributed by atoms with Gasteiger partial charge in [-0.05, 0) is 43.7 Å². The van der Waals surface area contributed by atoms with Gasteiger partial charge in [0, 0.05) is 0 Å². The molecule has 0 amide bonds. The minimum Gasteiger partial charge on any atom is -0.497 e. The predicted molar refractivity (Wildman–Crippen MR) is 67.1 cm³/mol. The number of allylic oxidation sites excluding steroid dienone is 1. The van der Waals surface area contributed by atoms with Crippen LogP contribution in [0.2, 0.25) is 0 Å². The molecule has 0 fully saturated rings. The molecule has 0 radical (unpaired) electrons. The van der Waals surface area contributed by atoms with Gasteiger partial charge in [-0.1, -0.05) is 18.2 Å². The number of hydrogen-bond donors (Lipinski definition) is 1. The quantitative estimate of drug-likeness (QED) is 0.865. The Labute approximate surface area is 101 Å². The molecule has 0 aromatic heterocycles. The van der Waals surface area contributed by atoms with Gasteiger partial charge in [0.15, 0.2) is 5.78 Å². The van der Waals surface area contributed by atoms with Crippen molar-refractivity contribution < 1.29 is 9.53 Å². The van der Waals surface area contributed by atoms with Crippen molar-refractivity contribution in [1.82, 2.24) is 5.32 Å². The third-order valence-electron chi connectivity index (χ3n) is 3.39. The Morgan fingerprint density at radius 3 is 2.53 bits per heavy atom. The van der Waals surface area contributed by atoms with Crippen LogP contribution in [0.25, 0.3) is 0 Å². The third kappa shape index (κ3) is 1.98. The molecule has 0 spiro atoms. The van der Waals surface area contributed by atoms with Gasteiger partial charge in [0.05, 0.1) is 7.11 Å². The summed E-state index contributed by atoms with van der Waals surface area (Å²) in [5.74, 6) is 0.926. The molecule has 17 heavy (non-hydrogen) atoms. The van der Waals surface area contributed by atoms with Gasteiger partial charge in [-0.2, -0.15) is 0 Å². The van der Waals surface area contributed by atoms with E-state index in [1.165, 1.54) is 0 Å². The van der Waals surface area contributed by atoms with E-state index < -0.39 is 5.54 Å². The van der Waals surface area contributed by atoms with E-state index >= 15 is 0 Å². The van der Waals surface area contributed by atoms with Crippen molar-refractivity contribution in [1.29, 1.82) is 0 Å². The van der Waals surface area contributed by atoms with Crippen molar-refractivity contribution in [3.63, 3.8) is 0 Å². The number of ketones is 1. The fraction of sp³-hybridized carbons (Fsp3) is 0.357. The lowest BCUT2D eigenvalue weighted by molar-refractivity contribution is -0.121. The van der Waals surface area contributed by atoms with Crippen molar-refractivity contribution in [2.24, 2.45) is 0 Å². The summed E-state index contributed by atoms with van der Waals surface area (Å²) in [4.78, 5) is 12.1. The highest BCUT2D eigenvalue weighted by atomic mass is 16.5. The van der Waals surface area contributed by atoms with E-state index in [1.807, 2.05) is 37.4 Å². The fourth-order valence-electron chi connectivity index (χ4n) is 2.31. The van der Waals surface area contributed by atoms with Crippen LogP contribution >= 0.6 is 0 Å². The molecule has 0 unspecified atom stereocenters. The second kappa shape index (κ2) is 4.72. The molecule has 2 rings (SSSR count). The van der Waals surface area contributed by atoms with E-state index in [1.54, 1.807) is 13.2 Å². The summed E-state index contributed by atoms with van der Waals surface area (Å²) in [6.45, 7) is 0. The van der Waals surface area contributed by atoms with E-state index in [9.17, 15) is 4.79 Å². The van der Waals surface area contributed by atoms with E-state index in [4.69, 9.17) is 4.74 Å². The highest BCUT2D eigenvalue weighted by Crippen LogP contribution is 2.32. The van der Waals surface area contributed by atoms with Gasteiger partial charge in [0.2, 0.25) is 0 Å². The standard InChI is InChI=1S/C14H17NO2/c1-15-14(10-4-3-5-13(14)16)11-6-8-12(17-2)9-7-11/h3,5-9,15H,4,10H2,1-2H3/t14-/m0/s1. The second-order valence-corrected chi connectivity index (χ2v) is 4.19. The molecule has 0 saturated carbocycles. The molecule has 1 aliphatic carbocycles. The van der Waals surface area contributed by atoms with E-state index in [0.29, 0.717) is 0 Å². The normalized spacial score (nSPS) is 23.8. The highest BCUT2D eigenvalue weighted by molar-refractivity contribution is 5.99. The Kier molecular flexibility index (Phi) is 3.29. The van der Waals surface area contributed by atoms with E-state index in [-0.39, 0.29) is 5.78 Å². The molecule has 3 nitrogen and oxygen atoms in total. The van der Waals surface area contributed by atoms with Crippen molar-refractivity contribution in [3.8, 4) is 5.75 Å². The molecule has 1 atom stereocenters. The van der Waals surface area contributed by atoms with Crippen LogP contribution in [0.5, 0.6) is 5.75 Å².